The minimum absolute atomic E-state index is 0.000741. The summed E-state index contributed by atoms with van der Waals surface area (Å²) in [5.74, 6) is -0.189. The monoisotopic (exact) mass is 266 g/mol. The van der Waals surface area contributed by atoms with E-state index in [4.69, 9.17) is 5.73 Å². The molecule has 108 valence electrons. The maximum atomic E-state index is 13.2. The number of hydrogen-bond donors (Lipinski definition) is 1. The number of nitrogens with zero attached hydrogens (tertiary/aromatic N) is 1. The van der Waals surface area contributed by atoms with Gasteiger partial charge in [0.15, 0.2) is 0 Å². The molecule has 2 nitrogen and oxygen atoms in total. The highest BCUT2D eigenvalue weighted by atomic mass is 19.1. The Kier molecular flexibility index (Phi) is 5.95. The average Bonchev–Trinajstić information content (AvgIpc) is 2.39. The molecular formula is C16H27FN2. The van der Waals surface area contributed by atoms with Gasteiger partial charge in [0.05, 0.1) is 0 Å². The Labute approximate surface area is 116 Å². The van der Waals surface area contributed by atoms with Gasteiger partial charge in [0.1, 0.15) is 5.82 Å². The molecule has 0 amide bonds. The van der Waals surface area contributed by atoms with E-state index in [0.29, 0.717) is 6.42 Å². The van der Waals surface area contributed by atoms with E-state index in [2.05, 4.69) is 32.6 Å². The second kappa shape index (κ2) is 7.01. The number of rotatable bonds is 7. The highest BCUT2D eigenvalue weighted by Crippen LogP contribution is 2.24. The van der Waals surface area contributed by atoms with E-state index in [1.807, 2.05) is 6.07 Å². The third-order valence-electron chi connectivity index (χ3n) is 4.35. The topological polar surface area (TPSA) is 29.3 Å². The van der Waals surface area contributed by atoms with Gasteiger partial charge in [-0.1, -0.05) is 32.9 Å². The molecule has 0 saturated heterocycles. The molecule has 0 spiro atoms. The minimum Gasteiger partial charge on any atom is -0.326 e. The predicted molar refractivity (Wildman–Crippen MR) is 79.7 cm³/mol. The van der Waals surface area contributed by atoms with Gasteiger partial charge >= 0.3 is 0 Å². The van der Waals surface area contributed by atoms with Crippen LogP contribution in [-0.4, -0.2) is 29.6 Å². The smallest absolute Gasteiger partial charge is 0.123 e. The number of halogens is 1. The first-order valence-electron chi connectivity index (χ1n) is 7.23. The van der Waals surface area contributed by atoms with Crippen LogP contribution in [0.2, 0.25) is 0 Å². The fourth-order valence-corrected chi connectivity index (χ4v) is 2.80. The summed E-state index contributed by atoms with van der Waals surface area (Å²) in [6, 6.07) is 6.75. The Morgan fingerprint density at radius 2 is 1.89 bits per heavy atom. The van der Waals surface area contributed by atoms with Crippen LogP contribution in [-0.2, 0) is 6.42 Å². The van der Waals surface area contributed by atoms with Crippen molar-refractivity contribution in [1.29, 1.82) is 0 Å². The summed E-state index contributed by atoms with van der Waals surface area (Å²) in [6.07, 6.45) is 1.70. The van der Waals surface area contributed by atoms with Crippen LogP contribution >= 0.6 is 0 Å². The van der Waals surface area contributed by atoms with Gasteiger partial charge in [0.25, 0.3) is 0 Å². The van der Waals surface area contributed by atoms with Crippen molar-refractivity contribution in [2.45, 2.75) is 52.1 Å². The molecule has 2 unspecified atom stereocenters. The van der Waals surface area contributed by atoms with Crippen LogP contribution in [0.5, 0.6) is 0 Å². The van der Waals surface area contributed by atoms with Crippen LogP contribution in [0.25, 0.3) is 0 Å². The molecule has 0 aliphatic carbocycles. The van der Waals surface area contributed by atoms with Gasteiger partial charge in [-0.05, 0) is 50.6 Å². The van der Waals surface area contributed by atoms with E-state index in [1.165, 1.54) is 6.07 Å². The largest absolute Gasteiger partial charge is 0.326 e. The molecular weight excluding hydrogens is 239 g/mol. The third kappa shape index (κ3) is 3.77. The Morgan fingerprint density at radius 1 is 1.26 bits per heavy atom. The predicted octanol–water partition coefficient (Wildman–Crippen LogP) is 3.21. The number of hydrogen-bond acceptors (Lipinski definition) is 2. The molecule has 19 heavy (non-hydrogen) atoms. The normalized spacial score (nSPS) is 16.4. The fourth-order valence-electron chi connectivity index (χ4n) is 2.80. The van der Waals surface area contributed by atoms with Crippen LogP contribution < -0.4 is 5.73 Å². The van der Waals surface area contributed by atoms with E-state index in [-0.39, 0.29) is 17.4 Å². The quantitative estimate of drug-likeness (QED) is 0.821. The van der Waals surface area contributed by atoms with E-state index in [9.17, 15) is 4.39 Å². The molecule has 0 aromatic heterocycles. The molecule has 0 aliphatic heterocycles. The lowest BCUT2D eigenvalue weighted by Gasteiger charge is -2.44. The van der Waals surface area contributed by atoms with Crippen molar-refractivity contribution in [3.05, 3.63) is 35.6 Å². The highest BCUT2D eigenvalue weighted by molar-refractivity contribution is 5.18. The molecule has 0 saturated carbocycles. The molecule has 1 aromatic rings. The number of nitrogens with two attached hydrogens (primary N) is 1. The molecule has 0 fully saturated rings. The molecule has 2 N–H and O–H groups in total. The summed E-state index contributed by atoms with van der Waals surface area (Å²) in [7, 11) is 0. The Balaban J connectivity index is 2.87. The summed E-state index contributed by atoms with van der Waals surface area (Å²) >= 11 is 0. The lowest BCUT2D eigenvalue weighted by atomic mass is 9.84. The van der Waals surface area contributed by atoms with Gasteiger partial charge in [0, 0.05) is 11.6 Å². The van der Waals surface area contributed by atoms with Crippen molar-refractivity contribution in [3.8, 4) is 0 Å². The summed E-state index contributed by atoms with van der Waals surface area (Å²) < 4.78 is 13.2. The fraction of sp³-hybridized carbons (Fsp3) is 0.625. The molecule has 3 heteroatoms. The van der Waals surface area contributed by atoms with Crippen molar-refractivity contribution in [3.63, 3.8) is 0 Å². The number of benzene rings is 1. The van der Waals surface area contributed by atoms with Crippen molar-refractivity contribution in [2.24, 2.45) is 5.73 Å². The second-order valence-corrected chi connectivity index (χ2v) is 5.32. The highest BCUT2D eigenvalue weighted by Gasteiger charge is 2.34. The van der Waals surface area contributed by atoms with Crippen LogP contribution in [0.1, 0.15) is 39.7 Å². The Morgan fingerprint density at radius 3 is 2.37 bits per heavy atom. The second-order valence-electron chi connectivity index (χ2n) is 5.32. The van der Waals surface area contributed by atoms with Gasteiger partial charge in [-0.3, -0.25) is 4.90 Å². The van der Waals surface area contributed by atoms with Crippen LogP contribution in [0, 0.1) is 5.82 Å². The first-order valence-corrected chi connectivity index (χ1v) is 7.23. The maximum Gasteiger partial charge on any atom is 0.123 e. The van der Waals surface area contributed by atoms with Crippen molar-refractivity contribution < 1.29 is 4.39 Å². The van der Waals surface area contributed by atoms with E-state index in [1.54, 1.807) is 12.1 Å². The molecule has 1 aromatic carbocycles. The summed E-state index contributed by atoms with van der Waals surface area (Å²) in [5, 5.41) is 0. The first kappa shape index (κ1) is 16.1. The standard InChI is InChI=1S/C16H27FN2/c1-5-16(4,19(6-2)7-3)15(18)12-13-9-8-10-14(17)11-13/h8-11,15H,5-7,12,18H2,1-4H3. The molecule has 2 atom stereocenters. The first-order chi connectivity index (χ1) is 8.97. The zero-order valence-corrected chi connectivity index (χ0v) is 12.6. The molecule has 0 aliphatic rings. The summed E-state index contributed by atoms with van der Waals surface area (Å²) in [5.41, 5.74) is 7.36. The van der Waals surface area contributed by atoms with Crippen molar-refractivity contribution >= 4 is 0 Å². The molecule has 0 heterocycles. The van der Waals surface area contributed by atoms with Crippen molar-refractivity contribution in [2.75, 3.05) is 13.1 Å². The lowest BCUT2D eigenvalue weighted by Crippen LogP contribution is -2.58. The van der Waals surface area contributed by atoms with Gasteiger partial charge < -0.3 is 5.73 Å². The average molecular weight is 266 g/mol. The summed E-state index contributed by atoms with van der Waals surface area (Å²) in [4.78, 5) is 2.40. The lowest BCUT2D eigenvalue weighted by molar-refractivity contribution is 0.0845. The van der Waals surface area contributed by atoms with Gasteiger partial charge in [0.2, 0.25) is 0 Å². The van der Waals surface area contributed by atoms with E-state index >= 15 is 0 Å². The van der Waals surface area contributed by atoms with E-state index < -0.39 is 0 Å². The van der Waals surface area contributed by atoms with Gasteiger partial charge in [-0.15, -0.1) is 0 Å². The molecule has 0 radical (unpaired) electrons. The third-order valence-corrected chi connectivity index (χ3v) is 4.35. The van der Waals surface area contributed by atoms with Crippen LogP contribution in [0.15, 0.2) is 24.3 Å². The number of likely N-dealkylation sites (N-methyl/N-ethyl adjacent to an activating group) is 1. The minimum atomic E-state index is -0.189. The SMILES string of the molecule is CCN(CC)C(C)(CC)C(N)Cc1cccc(F)c1. The van der Waals surface area contributed by atoms with Crippen LogP contribution in [0.4, 0.5) is 4.39 Å². The Hall–Kier alpha value is -0.930. The van der Waals surface area contributed by atoms with E-state index in [0.717, 1.165) is 25.1 Å². The molecule has 1 rings (SSSR count). The summed E-state index contributed by atoms with van der Waals surface area (Å²) in [6.45, 7) is 10.7. The van der Waals surface area contributed by atoms with Crippen molar-refractivity contribution in [1.82, 2.24) is 4.90 Å². The van der Waals surface area contributed by atoms with Gasteiger partial charge in [-0.2, -0.15) is 0 Å². The van der Waals surface area contributed by atoms with Crippen LogP contribution in [0.3, 0.4) is 0 Å². The zero-order chi connectivity index (χ0) is 14.5. The maximum absolute atomic E-state index is 13.2. The molecule has 0 bridgehead atoms. The Bertz CT molecular complexity index is 390. The zero-order valence-electron chi connectivity index (χ0n) is 12.6. The van der Waals surface area contributed by atoms with Gasteiger partial charge in [-0.25, -0.2) is 4.39 Å².